The van der Waals surface area contributed by atoms with Crippen molar-refractivity contribution in [1.29, 1.82) is 0 Å². The fraction of sp³-hybridized carbons (Fsp3) is 0.600. The van der Waals surface area contributed by atoms with Crippen LogP contribution in [0.2, 0.25) is 0 Å². The molecule has 1 fully saturated rings. The van der Waals surface area contributed by atoms with E-state index in [1.54, 1.807) is 11.3 Å². The molecule has 0 spiro atoms. The molecule has 0 saturated carbocycles. The fourth-order valence-corrected chi connectivity index (χ4v) is 2.28. The van der Waals surface area contributed by atoms with Crippen LogP contribution >= 0.6 is 11.3 Å². The number of hydrogen-bond donors (Lipinski definition) is 2. The van der Waals surface area contributed by atoms with E-state index in [1.165, 1.54) is 4.88 Å². The standard InChI is InChI=1S/C10H15NO2S/c12-10-7-13-6-9(10)11-4-3-8-2-1-5-14-8/h1-2,5,9-12H,3-4,6-7H2. The van der Waals surface area contributed by atoms with Crippen LogP contribution in [0.1, 0.15) is 4.88 Å². The third-order valence-electron chi connectivity index (χ3n) is 2.41. The molecular formula is C10H15NO2S. The smallest absolute Gasteiger partial charge is 0.0948 e. The summed E-state index contributed by atoms with van der Waals surface area (Å²) < 4.78 is 5.15. The van der Waals surface area contributed by atoms with Gasteiger partial charge < -0.3 is 15.2 Å². The molecule has 1 aromatic rings. The molecule has 0 bridgehead atoms. The molecule has 1 saturated heterocycles. The van der Waals surface area contributed by atoms with Crippen molar-refractivity contribution in [1.82, 2.24) is 5.32 Å². The second kappa shape index (κ2) is 4.89. The van der Waals surface area contributed by atoms with Gasteiger partial charge in [-0.2, -0.15) is 0 Å². The third-order valence-corrected chi connectivity index (χ3v) is 3.34. The first kappa shape index (κ1) is 10.1. The summed E-state index contributed by atoms with van der Waals surface area (Å²) in [6, 6.07) is 4.32. The monoisotopic (exact) mass is 213 g/mol. The molecule has 0 aliphatic carbocycles. The Morgan fingerprint density at radius 1 is 1.57 bits per heavy atom. The third kappa shape index (κ3) is 2.54. The van der Waals surface area contributed by atoms with Crippen LogP contribution in [-0.2, 0) is 11.2 Å². The van der Waals surface area contributed by atoms with Gasteiger partial charge in [0, 0.05) is 11.4 Å². The number of aliphatic hydroxyl groups excluding tert-OH is 1. The van der Waals surface area contributed by atoms with Gasteiger partial charge in [-0.25, -0.2) is 0 Å². The number of rotatable bonds is 4. The molecule has 78 valence electrons. The minimum atomic E-state index is -0.335. The maximum atomic E-state index is 9.46. The Morgan fingerprint density at radius 2 is 2.50 bits per heavy atom. The van der Waals surface area contributed by atoms with Gasteiger partial charge in [0.05, 0.1) is 25.4 Å². The first-order valence-corrected chi connectivity index (χ1v) is 5.76. The van der Waals surface area contributed by atoms with Crippen molar-refractivity contribution in [2.75, 3.05) is 19.8 Å². The lowest BCUT2D eigenvalue weighted by Gasteiger charge is -2.13. The Kier molecular flexibility index (Phi) is 3.53. The molecule has 3 nitrogen and oxygen atoms in total. The van der Waals surface area contributed by atoms with E-state index in [1.807, 2.05) is 0 Å². The van der Waals surface area contributed by atoms with Gasteiger partial charge in [-0.3, -0.25) is 0 Å². The molecule has 2 rings (SSSR count). The predicted molar refractivity (Wildman–Crippen MR) is 56.6 cm³/mol. The van der Waals surface area contributed by atoms with Crippen molar-refractivity contribution in [3.05, 3.63) is 22.4 Å². The van der Waals surface area contributed by atoms with Crippen LogP contribution in [0.15, 0.2) is 17.5 Å². The first-order chi connectivity index (χ1) is 6.86. The van der Waals surface area contributed by atoms with Gasteiger partial charge in [0.1, 0.15) is 0 Å². The number of ether oxygens (including phenoxy) is 1. The molecule has 1 aromatic heterocycles. The van der Waals surface area contributed by atoms with Crippen LogP contribution in [0.5, 0.6) is 0 Å². The normalized spacial score (nSPS) is 26.9. The lowest BCUT2D eigenvalue weighted by Crippen LogP contribution is -2.39. The van der Waals surface area contributed by atoms with E-state index in [2.05, 4.69) is 22.8 Å². The second-order valence-corrected chi connectivity index (χ2v) is 4.53. The van der Waals surface area contributed by atoms with Gasteiger partial charge in [0.15, 0.2) is 0 Å². The summed E-state index contributed by atoms with van der Waals surface area (Å²) in [6.07, 6.45) is 0.694. The van der Waals surface area contributed by atoms with E-state index in [0.717, 1.165) is 13.0 Å². The second-order valence-electron chi connectivity index (χ2n) is 3.49. The van der Waals surface area contributed by atoms with Crippen molar-refractivity contribution < 1.29 is 9.84 Å². The van der Waals surface area contributed by atoms with Gasteiger partial charge in [-0.05, 0) is 17.9 Å². The number of nitrogens with one attached hydrogen (secondary N) is 1. The van der Waals surface area contributed by atoms with E-state index >= 15 is 0 Å². The number of hydrogen-bond acceptors (Lipinski definition) is 4. The molecular weight excluding hydrogens is 198 g/mol. The molecule has 2 atom stereocenters. The SMILES string of the molecule is OC1COCC1NCCc1cccs1. The van der Waals surface area contributed by atoms with Crippen molar-refractivity contribution in [3.8, 4) is 0 Å². The summed E-state index contributed by atoms with van der Waals surface area (Å²) in [6.45, 7) is 2.01. The molecule has 0 radical (unpaired) electrons. The van der Waals surface area contributed by atoms with Gasteiger partial charge in [-0.1, -0.05) is 6.07 Å². The minimum absolute atomic E-state index is 0.120. The summed E-state index contributed by atoms with van der Waals surface area (Å²) in [5.74, 6) is 0. The van der Waals surface area contributed by atoms with Gasteiger partial charge >= 0.3 is 0 Å². The van der Waals surface area contributed by atoms with Gasteiger partial charge in [0.25, 0.3) is 0 Å². The zero-order valence-corrected chi connectivity index (χ0v) is 8.80. The van der Waals surface area contributed by atoms with Crippen molar-refractivity contribution in [2.45, 2.75) is 18.6 Å². The van der Waals surface area contributed by atoms with E-state index in [0.29, 0.717) is 13.2 Å². The van der Waals surface area contributed by atoms with Crippen molar-refractivity contribution in [2.24, 2.45) is 0 Å². The summed E-state index contributed by atoms with van der Waals surface area (Å²) in [4.78, 5) is 1.38. The Hall–Kier alpha value is -0.420. The molecule has 2 N–H and O–H groups in total. The highest BCUT2D eigenvalue weighted by atomic mass is 32.1. The molecule has 2 heterocycles. The average Bonchev–Trinajstić information content (AvgIpc) is 2.78. The van der Waals surface area contributed by atoms with E-state index < -0.39 is 0 Å². The summed E-state index contributed by atoms with van der Waals surface area (Å²) >= 11 is 1.77. The van der Waals surface area contributed by atoms with Crippen molar-refractivity contribution >= 4 is 11.3 Å². The lowest BCUT2D eigenvalue weighted by atomic mass is 10.2. The Morgan fingerprint density at radius 3 is 3.14 bits per heavy atom. The maximum absolute atomic E-state index is 9.46. The highest BCUT2D eigenvalue weighted by molar-refractivity contribution is 7.09. The fourth-order valence-electron chi connectivity index (χ4n) is 1.57. The quantitative estimate of drug-likeness (QED) is 0.771. The molecule has 4 heteroatoms. The Balaban J connectivity index is 1.68. The predicted octanol–water partition coefficient (Wildman–Crippen LogP) is 0.640. The topological polar surface area (TPSA) is 41.5 Å². The van der Waals surface area contributed by atoms with Crippen LogP contribution in [0.4, 0.5) is 0 Å². The minimum Gasteiger partial charge on any atom is -0.389 e. The van der Waals surface area contributed by atoms with E-state index in [9.17, 15) is 5.11 Å². The zero-order valence-electron chi connectivity index (χ0n) is 7.98. The molecule has 1 aliphatic heterocycles. The maximum Gasteiger partial charge on any atom is 0.0948 e. The van der Waals surface area contributed by atoms with Crippen molar-refractivity contribution in [3.63, 3.8) is 0 Å². The Bertz CT molecular complexity index is 263. The average molecular weight is 213 g/mol. The number of aliphatic hydroxyl groups is 1. The Labute approximate surface area is 87.7 Å². The van der Waals surface area contributed by atoms with Crippen LogP contribution in [-0.4, -0.2) is 37.0 Å². The van der Waals surface area contributed by atoms with Crippen LogP contribution in [0.3, 0.4) is 0 Å². The van der Waals surface area contributed by atoms with Crippen LogP contribution < -0.4 is 5.32 Å². The first-order valence-electron chi connectivity index (χ1n) is 4.88. The van der Waals surface area contributed by atoms with E-state index in [4.69, 9.17) is 4.74 Å². The van der Waals surface area contributed by atoms with Gasteiger partial charge in [0.2, 0.25) is 0 Å². The highest BCUT2D eigenvalue weighted by Crippen LogP contribution is 2.09. The van der Waals surface area contributed by atoms with E-state index in [-0.39, 0.29) is 12.1 Å². The van der Waals surface area contributed by atoms with Crippen LogP contribution in [0, 0.1) is 0 Å². The molecule has 14 heavy (non-hydrogen) atoms. The zero-order chi connectivity index (χ0) is 9.80. The van der Waals surface area contributed by atoms with Crippen LogP contribution in [0.25, 0.3) is 0 Å². The largest absolute Gasteiger partial charge is 0.389 e. The summed E-state index contributed by atoms with van der Waals surface area (Å²) in [5.41, 5.74) is 0. The lowest BCUT2D eigenvalue weighted by molar-refractivity contribution is 0.122. The summed E-state index contributed by atoms with van der Waals surface area (Å²) in [7, 11) is 0. The molecule has 1 aliphatic rings. The molecule has 0 amide bonds. The molecule has 2 unspecified atom stereocenters. The van der Waals surface area contributed by atoms with Gasteiger partial charge in [-0.15, -0.1) is 11.3 Å². The summed E-state index contributed by atoms with van der Waals surface area (Å²) in [5, 5.41) is 14.8. The highest BCUT2D eigenvalue weighted by Gasteiger charge is 2.24. The molecule has 0 aromatic carbocycles. The number of thiophene rings is 1.